The molecule has 2 heterocycles. The molecular weight excluding hydrogens is 691 g/mol. The van der Waals surface area contributed by atoms with Gasteiger partial charge in [-0.15, -0.1) is 0 Å². The molecule has 2 heteroatoms. The Kier molecular flexibility index (Phi) is 7.37. The van der Waals surface area contributed by atoms with E-state index >= 15 is 0 Å². The number of rotatable bonds is 4. The first-order chi connectivity index (χ1) is 27.8. The summed E-state index contributed by atoms with van der Waals surface area (Å²) in [6, 6.07) is 64.6. The Balaban J connectivity index is 1.06. The van der Waals surface area contributed by atoms with Crippen molar-refractivity contribution in [2.75, 3.05) is 0 Å². The summed E-state index contributed by atoms with van der Waals surface area (Å²) in [6.07, 6.45) is 0. The Hall–Kier alpha value is -6.90. The fraction of sp³-hybridized carbons (Fsp3) is 0.0909. The molecule has 0 amide bonds. The molecule has 272 valence electrons. The summed E-state index contributed by atoms with van der Waals surface area (Å²) in [7, 11) is 0. The normalized spacial score (nSPS) is 12.2. The van der Waals surface area contributed by atoms with Gasteiger partial charge < -0.3 is 8.98 Å². The van der Waals surface area contributed by atoms with Crippen molar-refractivity contribution in [2.24, 2.45) is 0 Å². The molecule has 0 aliphatic heterocycles. The minimum absolute atomic E-state index is 0.103. The van der Waals surface area contributed by atoms with E-state index in [1.54, 1.807) is 0 Å². The fourth-order valence-corrected chi connectivity index (χ4v) is 9.30. The molecule has 9 aromatic carbocycles. The summed E-state index contributed by atoms with van der Waals surface area (Å²) < 4.78 is 8.94. The van der Waals surface area contributed by atoms with Crippen LogP contribution < -0.4 is 0 Å². The van der Waals surface area contributed by atoms with Gasteiger partial charge in [-0.05, 0) is 109 Å². The molecule has 0 saturated heterocycles. The molecule has 0 spiro atoms. The molecule has 0 fully saturated rings. The van der Waals surface area contributed by atoms with Gasteiger partial charge in [-0.25, -0.2) is 0 Å². The second-order valence-electron chi connectivity index (χ2n) is 16.5. The standard InChI is InChI=1S/C55H41NO/c1-34-21-31-40(54-51(34)46-18-10-12-20-50(46)57-54)37-26-32-49-47(33-37)41-13-9-11-19-48(41)56(49)39-29-24-36(25-30-39)53-44-16-7-5-14-42(44)52(43-15-6-8-17-45(43)53)35-22-27-38(28-23-35)55(2,3)4/h5-33H,1-4H3. The maximum absolute atomic E-state index is 6.53. The maximum Gasteiger partial charge on any atom is 0.143 e. The summed E-state index contributed by atoms with van der Waals surface area (Å²) >= 11 is 0. The van der Waals surface area contributed by atoms with E-state index in [0.29, 0.717) is 0 Å². The predicted molar refractivity (Wildman–Crippen MR) is 243 cm³/mol. The SMILES string of the molecule is Cc1ccc(-c2ccc3c(c2)c2ccccc2n3-c2ccc(-c3c4ccccc4c(-c4ccc(C(C)(C)C)cc4)c4ccccc34)cc2)c2oc3ccccc3c12. The number of benzene rings is 9. The van der Waals surface area contributed by atoms with Crippen LogP contribution in [0.25, 0.3) is 104 Å². The van der Waals surface area contributed by atoms with Gasteiger partial charge in [-0.3, -0.25) is 0 Å². The molecule has 0 bridgehead atoms. The molecule has 0 N–H and O–H groups in total. The second-order valence-corrected chi connectivity index (χ2v) is 16.5. The number of fused-ring (bicyclic) bond motifs is 8. The van der Waals surface area contributed by atoms with Gasteiger partial charge in [0, 0.05) is 32.8 Å². The largest absolute Gasteiger partial charge is 0.455 e. The highest BCUT2D eigenvalue weighted by atomic mass is 16.3. The first-order valence-electron chi connectivity index (χ1n) is 19.9. The molecule has 11 aromatic rings. The van der Waals surface area contributed by atoms with Crippen LogP contribution in [0.2, 0.25) is 0 Å². The third-order valence-electron chi connectivity index (χ3n) is 12.1. The van der Waals surface area contributed by atoms with Crippen LogP contribution in [0.5, 0.6) is 0 Å². The number of furan rings is 1. The van der Waals surface area contributed by atoms with Gasteiger partial charge in [0.2, 0.25) is 0 Å². The maximum atomic E-state index is 6.53. The van der Waals surface area contributed by atoms with Crippen LogP contribution in [-0.4, -0.2) is 4.57 Å². The van der Waals surface area contributed by atoms with Crippen molar-refractivity contribution in [3.05, 3.63) is 187 Å². The summed E-state index contributed by atoms with van der Waals surface area (Å²) in [5, 5.41) is 9.87. The predicted octanol–water partition coefficient (Wildman–Crippen LogP) is 15.6. The van der Waals surface area contributed by atoms with Crippen LogP contribution in [0, 0.1) is 6.92 Å². The highest BCUT2D eigenvalue weighted by Gasteiger charge is 2.20. The zero-order valence-electron chi connectivity index (χ0n) is 32.6. The van der Waals surface area contributed by atoms with Crippen molar-refractivity contribution in [1.82, 2.24) is 4.57 Å². The van der Waals surface area contributed by atoms with Crippen molar-refractivity contribution >= 4 is 65.3 Å². The van der Waals surface area contributed by atoms with Crippen molar-refractivity contribution in [1.29, 1.82) is 0 Å². The van der Waals surface area contributed by atoms with Crippen LogP contribution in [0.4, 0.5) is 0 Å². The third-order valence-corrected chi connectivity index (χ3v) is 12.1. The van der Waals surface area contributed by atoms with Crippen LogP contribution >= 0.6 is 0 Å². The van der Waals surface area contributed by atoms with E-state index in [4.69, 9.17) is 4.42 Å². The smallest absolute Gasteiger partial charge is 0.143 e. The van der Waals surface area contributed by atoms with E-state index in [0.717, 1.165) is 33.4 Å². The Morgan fingerprint density at radius 3 is 1.56 bits per heavy atom. The molecule has 0 atom stereocenters. The molecule has 0 unspecified atom stereocenters. The lowest BCUT2D eigenvalue weighted by Gasteiger charge is -2.21. The lowest BCUT2D eigenvalue weighted by molar-refractivity contribution is 0.590. The Morgan fingerprint density at radius 1 is 0.439 bits per heavy atom. The Labute approximate surface area is 332 Å². The van der Waals surface area contributed by atoms with Crippen molar-refractivity contribution < 1.29 is 4.42 Å². The summed E-state index contributed by atoms with van der Waals surface area (Å²) in [4.78, 5) is 0. The average molecular weight is 732 g/mol. The molecule has 2 nitrogen and oxygen atoms in total. The highest BCUT2D eigenvalue weighted by molar-refractivity contribution is 6.21. The average Bonchev–Trinajstić information content (AvgIpc) is 3.79. The van der Waals surface area contributed by atoms with Crippen LogP contribution in [0.15, 0.2) is 180 Å². The van der Waals surface area contributed by atoms with E-state index in [2.05, 4.69) is 202 Å². The van der Waals surface area contributed by atoms with Crippen LogP contribution in [0.1, 0.15) is 31.9 Å². The van der Waals surface area contributed by atoms with Gasteiger partial charge in [0.1, 0.15) is 11.2 Å². The third kappa shape index (κ3) is 5.17. The lowest BCUT2D eigenvalue weighted by atomic mass is 9.83. The summed E-state index contributed by atoms with van der Waals surface area (Å²) in [5.74, 6) is 0. The van der Waals surface area contributed by atoms with Gasteiger partial charge in [0.15, 0.2) is 0 Å². The molecule has 11 rings (SSSR count). The topological polar surface area (TPSA) is 18.1 Å². The fourth-order valence-electron chi connectivity index (χ4n) is 9.30. The molecule has 0 saturated carbocycles. The lowest BCUT2D eigenvalue weighted by Crippen LogP contribution is -2.10. The van der Waals surface area contributed by atoms with Crippen LogP contribution in [0.3, 0.4) is 0 Å². The van der Waals surface area contributed by atoms with E-state index in [1.807, 2.05) is 6.07 Å². The van der Waals surface area contributed by atoms with E-state index in [1.165, 1.54) is 82.1 Å². The number of hydrogen-bond acceptors (Lipinski definition) is 1. The number of hydrogen-bond donors (Lipinski definition) is 0. The minimum atomic E-state index is 0.103. The van der Waals surface area contributed by atoms with E-state index < -0.39 is 0 Å². The van der Waals surface area contributed by atoms with Gasteiger partial charge in [-0.2, -0.15) is 0 Å². The van der Waals surface area contributed by atoms with Crippen LogP contribution in [-0.2, 0) is 5.41 Å². The number of nitrogens with zero attached hydrogens (tertiary/aromatic N) is 1. The van der Waals surface area contributed by atoms with Gasteiger partial charge in [-0.1, -0.05) is 160 Å². The minimum Gasteiger partial charge on any atom is -0.455 e. The molecular formula is C55H41NO. The Bertz CT molecular complexity index is 3310. The molecule has 2 aromatic heterocycles. The van der Waals surface area contributed by atoms with Gasteiger partial charge in [0.25, 0.3) is 0 Å². The number of aryl methyl sites for hydroxylation is 1. The van der Waals surface area contributed by atoms with Crippen molar-refractivity contribution in [3.63, 3.8) is 0 Å². The highest BCUT2D eigenvalue weighted by Crippen LogP contribution is 2.45. The quantitative estimate of drug-likeness (QED) is 0.165. The zero-order chi connectivity index (χ0) is 38.4. The molecule has 0 aliphatic rings. The Morgan fingerprint density at radius 2 is 0.947 bits per heavy atom. The number of aromatic nitrogens is 1. The van der Waals surface area contributed by atoms with E-state index in [9.17, 15) is 0 Å². The number of para-hydroxylation sites is 2. The van der Waals surface area contributed by atoms with Crippen molar-refractivity contribution in [3.8, 4) is 39.1 Å². The molecule has 0 radical (unpaired) electrons. The first kappa shape index (κ1) is 33.4. The van der Waals surface area contributed by atoms with E-state index in [-0.39, 0.29) is 5.41 Å². The summed E-state index contributed by atoms with van der Waals surface area (Å²) in [6.45, 7) is 8.99. The van der Waals surface area contributed by atoms with Gasteiger partial charge in [0.05, 0.1) is 11.0 Å². The zero-order valence-corrected chi connectivity index (χ0v) is 32.6. The van der Waals surface area contributed by atoms with Crippen molar-refractivity contribution in [2.45, 2.75) is 33.1 Å². The second kappa shape index (κ2) is 12.6. The van der Waals surface area contributed by atoms with Gasteiger partial charge >= 0.3 is 0 Å². The molecule has 0 aliphatic carbocycles. The monoisotopic (exact) mass is 731 g/mol. The first-order valence-corrected chi connectivity index (χ1v) is 19.9. The molecule has 57 heavy (non-hydrogen) atoms. The summed E-state index contributed by atoms with van der Waals surface area (Å²) in [5.41, 5.74) is 15.3.